The number of halogens is 1. The van der Waals surface area contributed by atoms with Crippen LogP contribution in [0.2, 0.25) is 0 Å². The number of carbonyl (C=O) groups excluding carboxylic acids is 1. The predicted molar refractivity (Wildman–Crippen MR) is 86.1 cm³/mol. The van der Waals surface area contributed by atoms with Gasteiger partial charge < -0.3 is 10.2 Å². The zero-order valence-corrected chi connectivity index (χ0v) is 12.8. The number of aromatic nitrogens is 2. The lowest BCUT2D eigenvalue weighted by Gasteiger charge is -2.19. The summed E-state index contributed by atoms with van der Waals surface area (Å²) in [5, 5.41) is 2.97. The summed E-state index contributed by atoms with van der Waals surface area (Å²) in [7, 11) is 0. The van der Waals surface area contributed by atoms with Gasteiger partial charge in [0.1, 0.15) is 5.82 Å². The number of likely N-dealkylation sites (tertiary alicyclic amines) is 1. The average molecular weight is 314 g/mol. The fraction of sp³-hybridized carbons (Fsp3) is 0.353. The van der Waals surface area contributed by atoms with Crippen molar-refractivity contribution in [3.8, 4) is 0 Å². The molecule has 2 aromatic rings. The van der Waals surface area contributed by atoms with E-state index in [0.29, 0.717) is 17.2 Å². The number of nitrogens with zero attached hydrogens (tertiary/aromatic N) is 3. The molecule has 1 aliphatic rings. The van der Waals surface area contributed by atoms with Crippen LogP contribution in [0.15, 0.2) is 36.7 Å². The van der Waals surface area contributed by atoms with E-state index in [1.54, 1.807) is 12.1 Å². The minimum absolute atomic E-state index is 0.0137. The summed E-state index contributed by atoms with van der Waals surface area (Å²) >= 11 is 0. The summed E-state index contributed by atoms with van der Waals surface area (Å²) in [6.07, 6.45) is 7.54. The van der Waals surface area contributed by atoms with E-state index in [1.165, 1.54) is 37.4 Å². The monoisotopic (exact) mass is 314 g/mol. The van der Waals surface area contributed by atoms with Crippen LogP contribution in [0, 0.1) is 5.82 Å². The molecular formula is C17H19FN4O. The molecule has 0 atom stereocenters. The molecule has 0 aliphatic carbocycles. The fourth-order valence-electron chi connectivity index (χ4n) is 2.62. The molecule has 6 heteroatoms. The summed E-state index contributed by atoms with van der Waals surface area (Å²) in [6.45, 7) is 1.60. The lowest BCUT2D eigenvalue weighted by Crippen LogP contribution is -2.32. The van der Waals surface area contributed by atoms with E-state index in [4.69, 9.17) is 0 Å². The summed E-state index contributed by atoms with van der Waals surface area (Å²) in [5.74, 6) is 0.0686. The van der Waals surface area contributed by atoms with Crippen LogP contribution in [-0.2, 0) is 0 Å². The van der Waals surface area contributed by atoms with Crippen molar-refractivity contribution in [3.63, 3.8) is 0 Å². The second kappa shape index (κ2) is 7.17. The molecular weight excluding hydrogens is 295 g/mol. The van der Waals surface area contributed by atoms with Crippen LogP contribution in [0.25, 0.3) is 0 Å². The van der Waals surface area contributed by atoms with E-state index in [2.05, 4.69) is 15.3 Å². The van der Waals surface area contributed by atoms with Crippen LogP contribution in [0.4, 0.5) is 16.0 Å². The summed E-state index contributed by atoms with van der Waals surface area (Å²) in [4.78, 5) is 22.7. The van der Waals surface area contributed by atoms with Gasteiger partial charge in [0.05, 0.1) is 5.56 Å². The maximum atomic E-state index is 12.9. The molecule has 1 saturated heterocycles. The Morgan fingerprint density at radius 3 is 2.22 bits per heavy atom. The van der Waals surface area contributed by atoms with Crippen molar-refractivity contribution in [2.45, 2.75) is 25.7 Å². The molecule has 0 saturated carbocycles. The third-order valence-corrected chi connectivity index (χ3v) is 3.89. The number of anilines is 2. The Labute approximate surface area is 134 Å². The molecule has 5 nitrogen and oxygen atoms in total. The Kier molecular flexibility index (Phi) is 4.80. The van der Waals surface area contributed by atoms with Crippen LogP contribution in [-0.4, -0.2) is 33.9 Å². The first-order valence-electron chi connectivity index (χ1n) is 7.86. The van der Waals surface area contributed by atoms with Crippen LogP contribution in [0.5, 0.6) is 0 Å². The summed E-state index contributed by atoms with van der Waals surface area (Å²) < 4.78 is 12.9. The molecule has 23 heavy (non-hydrogen) atoms. The minimum Gasteiger partial charge on any atom is -0.339 e. The lowest BCUT2D eigenvalue weighted by atomic mass is 10.2. The highest BCUT2D eigenvalue weighted by Gasteiger charge is 2.17. The highest BCUT2D eigenvalue weighted by atomic mass is 19.1. The quantitative estimate of drug-likeness (QED) is 0.943. The Bertz CT molecular complexity index is 649. The van der Waals surface area contributed by atoms with Crippen molar-refractivity contribution in [2.75, 3.05) is 18.4 Å². The number of hydrogen-bond acceptors (Lipinski definition) is 4. The topological polar surface area (TPSA) is 58.1 Å². The van der Waals surface area contributed by atoms with Gasteiger partial charge in [-0.05, 0) is 37.1 Å². The zero-order chi connectivity index (χ0) is 16.1. The maximum absolute atomic E-state index is 12.9. The molecule has 0 bridgehead atoms. The Hall–Kier alpha value is -2.50. The smallest absolute Gasteiger partial charge is 0.256 e. The normalized spacial score (nSPS) is 15.1. The van der Waals surface area contributed by atoms with Gasteiger partial charge in [-0.1, -0.05) is 12.8 Å². The van der Waals surface area contributed by atoms with Crippen LogP contribution in [0.3, 0.4) is 0 Å². The van der Waals surface area contributed by atoms with Gasteiger partial charge in [-0.15, -0.1) is 0 Å². The molecule has 0 radical (unpaired) electrons. The third kappa shape index (κ3) is 4.03. The number of amides is 1. The number of nitrogens with one attached hydrogen (secondary N) is 1. The molecule has 1 amide bonds. The first-order valence-corrected chi connectivity index (χ1v) is 7.86. The number of hydrogen-bond donors (Lipinski definition) is 1. The predicted octanol–water partition coefficient (Wildman–Crippen LogP) is 3.38. The van der Waals surface area contributed by atoms with Gasteiger partial charge in [-0.3, -0.25) is 4.79 Å². The Balaban J connectivity index is 1.66. The Morgan fingerprint density at radius 2 is 1.61 bits per heavy atom. The van der Waals surface area contributed by atoms with Gasteiger partial charge in [0.2, 0.25) is 5.95 Å². The first kappa shape index (κ1) is 15.4. The fourth-order valence-corrected chi connectivity index (χ4v) is 2.62. The van der Waals surface area contributed by atoms with Crippen molar-refractivity contribution in [1.82, 2.24) is 14.9 Å². The number of carbonyl (C=O) groups is 1. The van der Waals surface area contributed by atoms with E-state index >= 15 is 0 Å². The van der Waals surface area contributed by atoms with E-state index in [1.807, 2.05) is 4.90 Å². The summed E-state index contributed by atoms with van der Waals surface area (Å²) in [5.41, 5.74) is 1.19. The molecule has 0 unspecified atom stereocenters. The molecule has 1 N–H and O–H groups in total. The molecule has 120 valence electrons. The van der Waals surface area contributed by atoms with Crippen LogP contribution < -0.4 is 5.32 Å². The minimum atomic E-state index is -0.296. The molecule has 3 rings (SSSR count). The van der Waals surface area contributed by atoms with Gasteiger partial charge in [-0.2, -0.15) is 0 Å². The lowest BCUT2D eigenvalue weighted by molar-refractivity contribution is 0.0761. The molecule has 1 aliphatic heterocycles. The van der Waals surface area contributed by atoms with Gasteiger partial charge in [0.15, 0.2) is 0 Å². The number of benzene rings is 1. The van der Waals surface area contributed by atoms with E-state index in [-0.39, 0.29) is 11.7 Å². The van der Waals surface area contributed by atoms with Crippen LogP contribution >= 0.6 is 0 Å². The van der Waals surface area contributed by atoms with Gasteiger partial charge in [0, 0.05) is 31.2 Å². The van der Waals surface area contributed by atoms with Gasteiger partial charge in [-0.25, -0.2) is 14.4 Å². The first-order chi connectivity index (χ1) is 11.2. The van der Waals surface area contributed by atoms with E-state index in [0.717, 1.165) is 25.9 Å². The third-order valence-electron chi connectivity index (χ3n) is 3.89. The molecule has 1 aromatic carbocycles. The summed E-state index contributed by atoms with van der Waals surface area (Å²) in [6, 6.07) is 5.93. The largest absolute Gasteiger partial charge is 0.339 e. The SMILES string of the molecule is O=C(c1cnc(Nc2ccc(F)cc2)nc1)N1CCCCCC1. The molecule has 1 fully saturated rings. The maximum Gasteiger partial charge on any atom is 0.256 e. The van der Waals surface area contributed by atoms with Crippen molar-refractivity contribution in [2.24, 2.45) is 0 Å². The van der Waals surface area contributed by atoms with Crippen molar-refractivity contribution < 1.29 is 9.18 Å². The second-order valence-corrected chi connectivity index (χ2v) is 5.63. The van der Waals surface area contributed by atoms with Gasteiger partial charge in [0.25, 0.3) is 5.91 Å². The standard InChI is InChI=1S/C17H19FN4O/c18-14-5-7-15(8-6-14)21-17-19-11-13(12-20-17)16(23)22-9-3-1-2-4-10-22/h5-8,11-12H,1-4,9-10H2,(H,19,20,21). The second-order valence-electron chi connectivity index (χ2n) is 5.63. The zero-order valence-electron chi connectivity index (χ0n) is 12.8. The van der Waals surface area contributed by atoms with E-state index < -0.39 is 0 Å². The van der Waals surface area contributed by atoms with E-state index in [9.17, 15) is 9.18 Å². The number of rotatable bonds is 3. The van der Waals surface area contributed by atoms with Crippen molar-refractivity contribution in [3.05, 3.63) is 48.0 Å². The van der Waals surface area contributed by atoms with Crippen molar-refractivity contribution in [1.29, 1.82) is 0 Å². The van der Waals surface area contributed by atoms with Gasteiger partial charge >= 0.3 is 0 Å². The average Bonchev–Trinajstić information content (AvgIpc) is 2.86. The van der Waals surface area contributed by atoms with Crippen molar-refractivity contribution >= 4 is 17.5 Å². The highest BCUT2D eigenvalue weighted by Crippen LogP contribution is 2.15. The highest BCUT2D eigenvalue weighted by molar-refractivity contribution is 5.93. The Morgan fingerprint density at radius 1 is 1.00 bits per heavy atom. The van der Waals surface area contributed by atoms with Crippen LogP contribution in [0.1, 0.15) is 36.0 Å². The molecule has 1 aromatic heterocycles. The molecule has 0 spiro atoms. The molecule has 2 heterocycles.